The van der Waals surface area contributed by atoms with Crippen molar-refractivity contribution in [2.45, 2.75) is 25.4 Å². The number of piperidine rings is 1. The summed E-state index contributed by atoms with van der Waals surface area (Å²) in [5.74, 6) is 0.211. The predicted octanol–water partition coefficient (Wildman–Crippen LogP) is 3.82. The van der Waals surface area contributed by atoms with Crippen molar-refractivity contribution in [3.63, 3.8) is 0 Å². The van der Waals surface area contributed by atoms with Gasteiger partial charge in [-0.25, -0.2) is 9.78 Å². The molecule has 29 heavy (non-hydrogen) atoms. The van der Waals surface area contributed by atoms with E-state index in [1.165, 1.54) is 5.56 Å². The van der Waals surface area contributed by atoms with Crippen LogP contribution in [0.25, 0.3) is 11.3 Å². The first-order valence-corrected chi connectivity index (χ1v) is 9.97. The van der Waals surface area contributed by atoms with E-state index in [2.05, 4.69) is 34.1 Å². The third-order valence-corrected chi connectivity index (χ3v) is 5.62. The van der Waals surface area contributed by atoms with Crippen molar-refractivity contribution >= 4 is 6.03 Å². The second kappa shape index (κ2) is 8.49. The van der Waals surface area contributed by atoms with E-state index in [4.69, 9.17) is 0 Å². The van der Waals surface area contributed by atoms with Crippen LogP contribution in [0.4, 0.5) is 4.79 Å². The van der Waals surface area contributed by atoms with E-state index < -0.39 is 0 Å². The Bertz CT molecular complexity index is 945. The molecule has 0 saturated carbocycles. The number of amides is 1. The maximum atomic E-state index is 12.9. The summed E-state index contributed by atoms with van der Waals surface area (Å²) < 4.78 is 1.54. The van der Waals surface area contributed by atoms with Gasteiger partial charge in [0.25, 0.3) is 0 Å². The second-order valence-corrected chi connectivity index (χ2v) is 7.60. The first-order chi connectivity index (χ1) is 14.1. The second-order valence-electron chi connectivity index (χ2n) is 7.60. The van der Waals surface area contributed by atoms with Gasteiger partial charge >= 0.3 is 6.03 Å². The molecule has 0 unspecified atom stereocenters. The summed E-state index contributed by atoms with van der Waals surface area (Å²) in [4.78, 5) is 21.5. The van der Waals surface area contributed by atoms with Crippen LogP contribution in [0.2, 0.25) is 0 Å². The molecule has 0 aliphatic carbocycles. The van der Waals surface area contributed by atoms with Crippen molar-refractivity contribution in [1.29, 1.82) is 0 Å². The van der Waals surface area contributed by atoms with Gasteiger partial charge in [-0.2, -0.15) is 0 Å². The summed E-state index contributed by atoms with van der Waals surface area (Å²) in [5, 5.41) is 9.43. The highest BCUT2D eigenvalue weighted by atomic mass is 16.3. The maximum Gasteiger partial charge on any atom is 0.329 e. The van der Waals surface area contributed by atoms with Gasteiger partial charge in [-0.1, -0.05) is 30.3 Å². The molecule has 1 amide bonds. The largest absolute Gasteiger partial charge is 0.508 e. The number of rotatable bonds is 4. The van der Waals surface area contributed by atoms with Gasteiger partial charge in [-0.05, 0) is 42.7 Å². The number of phenolic OH excluding ortho intramolecular Hbond substituents is 1. The molecule has 1 saturated heterocycles. The van der Waals surface area contributed by atoms with Crippen molar-refractivity contribution in [3.05, 3.63) is 72.7 Å². The number of aromatic nitrogens is 2. The summed E-state index contributed by atoms with van der Waals surface area (Å²) >= 11 is 0. The Morgan fingerprint density at radius 3 is 2.48 bits per heavy atom. The first-order valence-electron chi connectivity index (χ1n) is 9.97. The highest BCUT2D eigenvalue weighted by Gasteiger charge is 2.26. The van der Waals surface area contributed by atoms with E-state index in [9.17, 15) is 9.90 Å². The molecule has 4 rings (SSSR count). The number of carbonyl (C=O) groups excluding carboxylic acids is 1. The summed E-state index contributed by atoms with van der Waals surface area (Å²) in [6.45, 7) is 2.93. The van der Waals surface area contributed by atoms with Crippen LogP contribution in [-0.4, -0.2) is 56.7 Å². The Labute approximate surface area is 171 Å². The number of hydrogen-bond acceptors (Lipinski definition) is 4. The standard InChI is InChI=1S/C23H26N4O2/c1-25(20-11-13-26(14-12-20)15-18-5-3-2-4-6-18)23(29)27-16-22(24-17-27)19-7-9-21(28)10-8-19/h2-10,16-17,20,28H,11-15H2,1H3. The summed E-state index contributed by atoms with van der Waals surface area (Å²) in [5.41, 5.74) is 2.91. The van der Waals surface area contributed by atoms with Gasteiger partial charge in [-0.15, -0.1) is 0 Å². The molecule has 1 aliphatic rings. The minimum atomic E-state index is -0.0657. The Kier molecular flexibility index (Phi) is 5.62. The third-order valence-electron chi connectivity index (χ3n) is 5.62. The Balaban J connectivity index is 1.34. The number of benzene rings is 2. The average molecular weight is 390 g/mol. The Morgan fingerprint density at radius 2 is 1.79 bits per heavy atom. The molecule has 1 aromatic heterocycles. The molecule has 1 N–H and O–H groups in total. The maximum absolute atomic E-state index is 12.9. The smallest absolute Gasteiger partial charge is 0.329 e. The lowest BCUT2D eigenvalue weighted by molar-refractivity contribution is 0.132. The molecular weight excluding hydrogens is 364 g/mol. The summed E-state index contributed by atoms with van der Waals surface area (Å²) in [6, 6.07) is 17.5. The number of phenols is 1. The zero-order chi connectivity index (χ0) is 20.2. The van der Waals surface area contributed by atoms with Crippen LogP contribution in [0.3, 0.4) is 0 Å². The molecular formula is C23H26N4O2. The lowest BCUT2D eigenvalue weighted by Gasteiger charge is -2.36. The zero-order valence-electron chi connectivity index (χ0n) is 16.6. The van der Waals surface area contributed by atoms with Crippen molar-refractivity contribution in [2.24, 2.45) is 0 Å². The van der Waals surface area contributed by atoms with Gasteiger partial charge in [0.1, 0.15) is 12.1 Å². The normalized spacial score (nSPS) is 15.3. The van der Waals surface area contributed by atoms with Crippen LogP contribution in [0.5, 0.6) is 5.75 Å². The Hall–Kier alpha value is -3.12. The molecule has 3 aromatic rings. The molecule has 150 valence electrons. The molecule has 2 aromatic carbocycles. The molecule has 6 heteroatoms. The molecule has 6 nitrogen and oxygen atoms in total. The minimum Gasteiger partial charge on any atom is -0.508 e. The van der Waals surface area contributed by atoms with E-state index in [0.29, 0.717) is 5.69 Å². The van der Waals surface area contributed by atoms with Crippen LogP contribution in [0.1, 0.15) is 18.4 Å². The van der Waals surface area contributed by atoms with Crippen LogP contribution in [0, 0.1) is 0 Å². The molecule has 0 spiro atoms. The molecule has 2 heterocycles. The monoisotopic (exact) mass is 390 g/mol. The lowest BCUT2D eigenvalue weighted by Crippen LogP contribution is -2.46. The SMILES string of the molecule is CN(C(=O)n1cnc(-c2ccc(O)cc2)c1)C1CCN(Cc2ccccc2)CC1. The molecule has 1 aliphatic heterocycles. The topological polar surface area (TPSA) is 61.6 Å². The van der Waals surface area contributed by atoms with Crippen molar-refractivity contribution < 1.29 is 9.90 Å². The van der Waals surface area contributed by atoms with E-state index in [0.717, 1.165) is 38.0 Å². The van der Waals surface area contributed by atoms with Gasteiger partial charge in [-0.3, -0.25) is 9.47 Å². The van der Waals surface area contributed by atoms with Crippen molar-refractivity contribution in [1.82, 2.24) is 19.4 Å². The summed E-state index contributed by atoms with van der Waals surface area (Å²) in [6.07, 6.45) is 5.24. The highest BCUT2D eigenvalue weighted by molar-refractivity contribution is 5.78. The van der Waals surface area contributed by atoms with E-state index in [1.54, 1.807) is 41.4 Å². The quantitative estimate of drug-likeness (QED) is 0.736. The van der Waals surface area contributed by atoms with Gasteiger partial charge in [0, 0.05) is 44.5 Å². The Morgan fingerprint density at radius 1 is 1.10 bits per heavy atom. The van der Waals surface area contributed by atoms with E-state index in [1.807, 2.05) is 18.0 Å². The third kappa shape index (κ3) is 4.49. The summed E-state index contributed by atoms with van der Waals surface area (Å²) in [7, 11) is 1.88. The lowest BCUT2D eigenvalue weighted by atomic mass is 10.0. The minimum absolute atomic E-state index is 0.0657. The van der Waals surface area contributed by atoms with E-state index >= 15 is 0 Å². The van der Waals surface area contributed by atoms with Gasteiger partial charge in [0.15, 0.2) is 0 Å². The fourth-order valence-electron chi connectivity index (χ4n) is 3.85. The van der Waals surface area contributed by atoms with Crippen molar-refractivity contribution in [2.75, 3.05) is 20.1 Å². The van der Waals surface area contributed by atoms with Gasteiger partial charge in [0.05, 0.1) is 5.69 Å². The number of imidazole rings is 1. The molecule has 0 radical (unpaired) electrons. The van der Waals surface area contributed by atoms with Crippen molar-refractivity contribution in [3.8, 4) is 17.0 Å². The molecule has 0 atom stereocenters. The van der Waals surface area contributed by atoms with E-state index in [-0.39, 0.29) is 17.8 Å². The van der Waals surface area contributed by atoms with Gasteiger partial charge in [0.2, 0.25) is 0 Å². The number of hydrogen-bond donors (Lipinski definition) is 1. The van der Waals surface area contributed by atoms with Crippen LogP contribution < -0.4 is 0 Å². The average Bonchev–Trinajstić information content (AvgIpc) is 3.25. The van der Waals surface area contributed by atoms with Gasteiger partial charge < -0.3 is 10.0 Å². The predicted molar refractivity (Wildman–Crippen MR) is 113 cm³/mol. The fourth-order valence-corrected chi connectivity index (χ4v) is 3.85. The number of nitrogens with zero attached hydrogens (tertiary/aromatic N) is 4. The van der Waals surface area contributed by atoms with Crippen LogP contribution >= 0.6 is 0 Å². The number of likely N-dealkylation sites (tertiary alicyclic amines) is 1. The number of aromatic hydroxyl groups is 1. The fraction of sp³-hybridized carbons (Fsp3) is 0.304. The number of carbonyl (C=O) groups is 1. The zero-order valence-corrected chi connectivity index (χ0v) is 16.6. The molecule has 1 fully saturated rings. The van der Waals surface area contributed by atoms with Crippen LogP contribution in [0.15, 0.2) is 67.1 Å². The highest BCUT2D eigenvalue weighted by Crippen LogP contribution is 2.22. The molecule has 0 bridgehead atoms. The first kappa shape index (κ1) is 19.2. The van der Waals surface area contributed by atoms with Crippen LogP contribution in [-0.2, 0) is 6.54 Å².